The van der Waals surface area contributed by atoms with Crippen LogP contribution >= 0.6 is 11.3 Å². The minimum atomic E-state index is -1.19. The van der Waals surface area contributed by atoms with E-state index in [9.17, 15) is 29.6 Å². The van der Waals surface area contributed by atoms with Gasteiger partial charge in [0, 0.05) is 37.0 Å². The molecule has 1 aliphatic heterocycles. The Morgan fingerprint density at radius 1 is 1.21 bits per heavy atom. The highest BCUT2D eigenvalue weighted by Gasteiger charge is 2.48. The molecule has 33 heavy (non-hydrogen) atoms. The number of hydrogen-bond donors (Lipinski definition) is 1. The van der Waals surface area contributed by atoms with Crippen LogP contribution in [0.15, 0.2) is 54.4 Å². The number of nitro groups is 1. The van der Waals surface area contributed by atoms with E-state index < -0.39 is 28.4 Å². The van der Waals surface area contributed by atoms with Gasteiger partial charge < -0.3 is 5.11 Å². The first-order valence-electron chi connectivity index (χ1n) is 9.64. The summed E-state index contributed by atoms with van der Waals surface area (Å²) in [5, 5.41) is 22.4. The number of aliphatic hydroxyl groups is 1. The average molecular weight is 464 g/mol. The van der Waals surface area contributed by atoms with Gasteiger partial charge in [-0.15, -0.1) is 0 Å². The number of hydrogen-bond acceptors (Lipinski definition) is 9. The van der Waals surface area contributed by atoms with Gasteiger partial charge in [0.25, 0.3) is 11.5 Å². The molecule has 1 aromatic carbocycles. The van der Waals surface area contributed by atoms with Crippen LogP contribution in [0.4, 0.5) is 10.8 Å². The minimum absolute atomic E-state index is 0.0742. The first-order chi connectivity index (χ1) is 15.7. The van der Waals surface area contributed by atoms with Crippen molar-refractivity contribution in [2.24, 2.45) is 0 Å². The molecule has 1 atom stereocenters. The Morgan fingerprint density at radius 2 is 1.91 bits per heavy atom. The summed E-state index contributed by atoms with van der Waals surface area (Å²) in [7, 11) is 0. The fraction of sp³-hybridized carbons (Fsp3) is 0.136. The summed E-state index contributed by atoms with van der Waals surface area (Å²) in [6.07, 6.45) is 2.83. The number of anilines is 1. The number of Topliss-reactive ketones (excluding diaryl/α,β-unsaturated/α-hetero) is 2. The van der Waals surface area contributed by atoms with Crippen LogP contribution < -0.4 is 4.90 Å². The number of amides is 1. The molecule has 0 radical (unpaired) electrons. The molecule has 3 heterocycles. The van der Waals surface area contributed by atoms with Crippen molar-refractivity contribution in [3.63, 3.8) is 0 Å². The third-order valence-electron chi connectivity index (χ3n) is 5.11. The topological polar surface area (TPSA) is 144 Å². The Labute approximate surface area is 191 Å². The lowest BCUT2D eigenvalue weighted by Gasteiger charge is -2.22. The Bertz CT molecular complexity index is 1350. The van der Waals surface area contributed by atoms with Crippen molar-refractivity contribution in [3.05, 3.63) is 86.2 Å². The van der Waals surface area contributed by atoms with Gasteiger partial charge in [-0.2, -0.15) is 0 Å². The molecule has 2 aromatic heterocycles. The molecule has 0 spiro atoms. The Kier molecular flexibility index (Phi) is 5.56. The lowest BCUT2D eigenvalue weighted by Crippen LogP contribution is -2.29. The van der Waals surface area contributed by atoms with Crippen LogP contribution in [0.5, 0.6) is 0 Å². The molecular formula is C22H16N4O6S. The number of aromatic nitrogens is 2. The number of aryl methyl sites for hydroxylation is 1. The van der Waals surface area contributed by atoms with Crippen molar-refractivity contribution in [1.82, 2.24) is 9.97 Å². The zero-order valence-electron chi connectivity index (χ0n) is 17.4. The Balaban J connectivity index is 1.98. The van der Waals surface area contributed by atoms with E-state index in [-0.39, 0.29) is 33.3 Å². The van der Waals surface area contributed by atoms with Gasteiger partial charge in [-0.3, -0.25) is 34.4 Å². The molecule has 4 rings (SSSR count). The summed E-state index contributed by atoms with van der Waals surface area (Å²) < 4.78 is 0. The van der Waals surface area contributed by atoms with Gasteiger partial charge >= 0.3 is 5.91 Å². The quantitative estimate of drug-likeness (QED) is 0.151. The second-order valence-corrected chi connectivity index (χ2v) is 8.20. The third-order valence-corrected chi connectivity index (χ3v) is 6.36. The number of benzene rings is 1. The molecule has 0 bridgehead atoms. The number of ketones is 2. The van der Waals surface area contributed by atoms with Crippen LogP contribution in [0.3, 0.4) is 0 Å². The van der Waals surface area contributed by atoms with Gasteiger partial charge in [0.05, 0.1) is 27.1 Å². The zero-order valence-corrected chi connectivity index (χ0v) is 18.2. The highest BCUT2D eigenvalue weighted by Crippen LogP contribution is 2.44. The van der Waals surface area contributed by atoms with Gasteiger partial charge in [0.1, 0.15) is 5.76 Å². The molecule has 166 valence electrons. The van der Waals surface area contributed by atoms with Crippen molar-refractivity contribution in [2.75, 3.05) is 4.90 Å². The maximum Gasteiger partial charge on any atom is 0.301 e. The molecular weight excluding hydrogens is 448 g/mol. The highest BCUT2D eigenvalue weighted by molar-refractivity contribution is 7.18. The first kappa shape index (κ1) is 22.0. The maximum atomic E-state index is 13.1. The fourth-order valence-corrected chi connectivity index (χ4v) is 4.62. The van der Waals surface area contributed by atoms with Gasteiger partial charge in [-0.05, 0) is 24.6 Å². The second-order valence-electron chi connectivity index (χ2n) is 7.22. The van der Waals surface area contributed by atoms with Crippen LogP contribution in [0.25, 0.3) is 5.76 Å². The second kappa shape index (κ2) is 8.36. The number of nitro benzene ring substituents is 1. The van der Waals surface area contributed by atoms with Crippen molar-refractivity contribution in [1.29, 1.82) is 0 Å². The average Bonchev–Trinajstić information content (AvgIpc) is 3.31. The molecule has 0 aliphatic carbocycles. The van der Waals surface area contributed by atoms with E-state index in [1.165, 1.54) is 55.7 Å². The van der Waals surface area contributed by atoms with Gasteiger partial charge in [-0.1, -0.05) is 23.5 Å². The molecule has 10 nitrogen and oxygen atoms in total. The number of nitrogens with zero attached hydrogens (tertiary/aromatic N) is 4. The predicted octanol–water partition coefficient (Wildman–Crippen LogP) is 3.58. The van der Waals surface area contributed by atoms with E-state index in [1.807, 2.05) is 0 Å². The number of pyridine rings is 1. The number of aliphatic hydroxyl groups excluding tert-OH is 1. The van der Waals surface area contributed by atoms with Crippen molar-refractivity contribution >= 4 is 45.4 Å². The molecule has 1 fully saturated rings. The van der Waals surface area contributed by atoms with Crippen LogP contribution in [0.1, 0.15) is 39.5 Å². The summed E-state index contributed by atoms with van der Waals surface area (Å²) >= 11 is 0.933. The molecule has 1 aliphatic rings. The smallest absolute Gasteiger partial charge is 0.301 e. The van der Waals surface area contributed by atoms with Crippen molar-refractivity contribution < 1.29 is 24.4 Å². The van der Waals surface area contributed by atoms with Gasteiger partial charge in [0.2, 0.25) is 0 Å². The van der Waals surface area contributed by atoms with Crippen LogP contribution in [-0.2, 0) is 9.59 Å². The SMILES string of the molecule is CC(=O)c1sc(N2C(=O)C(=O)/C(=C(/O)c3ccncc3)C2c2cccc([N+](=O)[O-])c2)nc1C. The molecule has 1 saturated heterocycles. The minimum Gasteiger partial charge on any atom is -0.507 e. The fourth-order valence-electron chi connectivity index (χ4n) is 3.63. The first-order valence-corrected chi connectivity index (χ1v) is 10.5. The van der Waals surface area contributed by atoms with Crippen molar-refractivity contribution in [3.8, 4) is 0 Å². The standard InChI is InChI=1S/C22H16N4O6S/c1-11-20(12(2)27)33-22(24-11)25-17(14-4-3-5-15(10-14)26(31)32)16(19(29)21(25)30)18(28)13-6-8-23-9-7-13/h3-10,17,28H,1-2H3/b18-16+. The lowest BCUT2D eigenvalue weighted by atomic mass is 9.95. The number of rotatable bonds is 5. The Morgan fingerprint density at radius 3 is 2.52 bits per heavy atom. The number of non-ortho nitro benzene ring substituents is 1. The molecule has 11 heteroatoms. The number of thiazole rings is 1. The van der Waals surface area contributed by atoms with Crippen LogP contribution in [0.2, 0.25) is 0 Å². The summed E-state index contributed by atoms with van der Waals surface area (Å²) in [5.41, 5.74) is 0.372. The van der Waals surface area contributed by atoms with Crippen LogP contribution in [-0.4, -0.2) is 37.5 Å². The van der Waals surface area contributed by atoms with E-state index in [0.29, 0.717) is 10.6 Å². The monoisotopic (exact) mass is 464 g/mol. The van der Waals surface area contributed by atoms with Crippen LogP contribution in [0, 0.1) is 17.0 Å². The third kappa shape index (κ3) is 3.78. The summed E-state index contributed by atoms with van der Waals surface area (Å²) in [5.74, 6) is -2.64. The predicted molar refractivity (Wildman–Crippen MR) is 119 cm³/mol. The Hall–Kier alpha value is -4.25. The van der Waals surface area contributed by atoms with E-state index in [0.717, 1.165) is 16.2 Å². The van der Waals surface area contributed by atoms with Gasteiger partial charge in [0.15, 0.2) is 10.9 Å². The molecule has 1 N–H and O–H groups in total. The largest absolute Gasteiger partial charge is 0.507 e. The van der Waals surface area contributed by atoms with Crippen molar-refractivity contribution in [2.45, 2.75) is 19.9 Å². The normalized spacial score (nSPS) is 17.4. The van der Waals surface area contributed by atoms with E-state index >= 15 is 0 Å². The van der Waals surface area contributed by atoms with Gasteiger partial charge in [-0.25, -0.2) is 4.98 Å². The maximum absolute atomic E-state index is 13.1. The van der Waals surface area contributed by atoms with E-state index in [2.05, 4.69) is 9.97 Å². The zero-order chi connectivity index (χ0) is 23.9. The molecule has 1 unspecified atom stereocenters. The molecule has 1 amide bonds. The highest BCUT2D eigenvalue weighted by atomic mass is 32.1. The number of carbonyl (C=O) groups excluding carboxylic acids is 3. The number of carbonyl (C=O) groups is 3. The lowest BCUT2D eigenvalue weighted by molar-refractivity contribution is -0.384. The summed E-state index contributed by atoms with van der Waals surface area (Å²) in [6, 6.07) is 7.19. The summed E-state index contributed by atoms with van der Waals surface area (Å²) in [4.78, 5) is 58.5. The summed E-state index contributed by atoms with van der Waals surface area (Å²) in [6.45, 7) is 2.96. The van der Waals surface area contributed by atoms with E-state index in [4.69, 9.17) is 0 Å². The molecule has 3 aromatic rings. The van der Waals surface area contributed by atoms with E-state index in [1.54, 1.807) is 6.92 Å². The molecule has 0 saturated carbocycles.